The van der Waals surface area contributed by atoms with Gasteiger partial charge in [0.1, 0.15) is 0 Å². The Kier molecular flexibility index (Phi) is 3.71. The number of benzene rings is 1. The lowest BCUT2D eigenvalue weighted by molar-refractivity contribution is -0.129. The number of hydrogen-bond acceptors (Lipinski definition) is 2. The van der Waals surface area contributed by atoms with Crippen LogP contribution >= 0.6 is 0 Å². The summed E-state index contributed by atoms with van der Waals surface area (Å²) in [5, 5.41) is 9.17. The van der Waals surface area contributed by atoms with Gasteiger partial charge in [-0.1, -0.05) is 23.8 Å². The summed E-state index contributed by atoms with van der Waals surface area (Å²) in [6.45, 7) is 6.99. The Labute approximate surface area is 108 Å². The molecule has 3 heteroatoms. The molecular formula is C15H21NO2. The zero-order valence-corrected chi connectivity index (χ0v) is 11.3. The fraction of sp³-hybridized carbons (Fsp3) is 0.533. The van der Waals surface area contributed by atoms with Crippen molar-refractivity contribution < 1.29 is 9.90 Å². The summed E-state index contributed by atoms with van der Waals surface area (Å²) < 4.78 is 0. The second-order valence-electron chi connectivity index (χ2n) is 5.33. The van der Waals surface area contributed by atoms with Crippen molar-refractivity contribution in [2.24, 2.45) is 5.92 Å². The highest BCUT2D eigenvalue weighted by Gasteiger charge is 2.32. The van der Waals surface area contributed by atoms with E-state index in [1.54, 1.807) is 0 Å². The monoisotopic (exact) mass is 247 g/mol. The fourth-order valence-electron chi connectivity index (χ4n) is 2.77. The van der Waals surface area contributed by atoms with E-state index < -0.39 is 0 Å². The van der Waals surface area contributed by atoms with Gasteiger partial charge in [0.15, 0.2) is 0 Å². The van der Waals surface area contributed by atoms with Gasteiger partial charge in [-0.15, -0.1) is 0 Å². The number of amides is 1. The predicted molar refractivity (Wildman–Crippen MR) is 71.2 cm³/mol. The van der Waals surface area contributed by atoms with Crippen molar-refractivity contribution in [1.82, 2.24) is 4.90 Å². The van der Waals surface area contributed by atoms with Crippen LogP contribution in [0.2, 0.25) is 0 Å². The molecular weight excluding hydrogens is 226 g/mol. The van der Waals surface area contributed by atoms with Gasteiger partial charge in [0.2, 0.25) is 5.91 Å². The average molecular weight is 247 g/mol. The van der Waals surface area contributed by atoms with Gasteiger partial charge in [-0.25, -0.2) is 0 Å². The van der Waals surface area contributed by atoms with Gasteiger partial charge >= 0.3 is 0 Å². The van der Waals surface area contributed by atoms with Crippen molar-refractivity contribution in [2.75, 3.05) is 13.2 Å². The van der Waals surface area contributed by atoms with Crippen LogP contribution in [-0.2, 0) is 4.79 Å². The topological polar surface area (TPSA) is 40.5 Å². The van der Waals surface area contributed by atoms with E-state index in [4.69, 9.17) is 5.11 Å². The summed E-state index contributed by atoms with van der Waals surface area (Å²) in [7, 11) is 0. The molecule has 98 valence electrons. The van der Waals surface area contributed by atoms with Crippen LogP contribution in [0.25, 0.3) is 0 Å². The molecule has 1 aliphatic rings. The minimum atomic E-state index is 0.0923. The third kappa shape index (κ3) is 2.41. The molecule has 1 saturated heterocycles. The van der Waals surface area contributed by atoms with E-state index in [1.807, 2.05) is 4.90 Å². The van der Waals surface area contributed by atoms with Gasteiger partial charge in [-0.3, -0.25) is 4.79 Å². The third-order valence-corrected chi connectivity index (χ3v) is 3.84. The Morgan fingerprint density at radius 2 is 2.17 bits per heavy atom. The summed E-state index contributed by atoms with van der Waals surface area (Å²) in [5.41, 5.74) is 3.67. The summed E-state index contributed by atoms with van der Waals surface area (Å²) in [6, 6.07) is 6.43. The van der Waals surface area contributed by atoms with Crippen molar-refractivity contribution in [2.45, 2.75) is 33.2 Å². The SMILES string of the molecule is Cc1ccc(C(C)N2CC(CO)CC2=O)c(C)c1. The van der Waals surface area contributed by atoms with Gasteiger partial charge in [0.05, 0.1) is 6.04 Å². The number of nitrogens with zero attached hydrogens (tertiary/aromatic N) is 1. The molecule has 0 saturated carbocycles. The maximum absolute atomic E-state index is 12.0. The molecule has 1 heterocycles. The molecule has 3 nitrogen and oxygen atoms in total. The smallest absolute Gasteiger partial charge is 0.223 e. The van der Waals surface area contributed by atoms with Crippen LogP contribution in [-0.4, -0.2) is 29.1 Å². The lowest BCUT2D eigenvalue weighted by Crippen LogP contribution is -2.29. The quantitative estimate of drug-likeness (QED) is 0.889. The van der Waals surface area contributed by atoms with Gasteiger partial charge in [-0.05, 0) is 31.9 Å². The normalized spacial score (nSPS) is 21.4. The second-order valence-corrected chi connectivity index (χ2v) is 5.33. The molecule has 0 aromatic heterocycles. The fourth-order valence-corrected chi connectivity index (χ4v) is 2.77. The van der Waals surface area contributed by atoms with Crippen LogP contribution in [0, 0.1) is 19.8 Å². The van der Waals surface area contributed by atoms with Crippen LogP contribution in [0.15, 0.2) is 18.2 Å². The highest BCUT2D eigenvalue weighted by molar-refractivity contribution is 5.79. The van der Waals surface area contributed by atoms with Gasteiger partial charge in [0.25, 0.3) is 0 Å². The average Bonchev–Trinajstić information content (AvgIpc) is 2.70. The number of carbonyl (C=O) groups excluding carboxylic acids is 1. The number of hydrogen-bond donors (Lipinski definition) is 1. The minimum absolute atomic E-state index is 0.0923. The van der Waals surface area contributed by atoms with Crippen molar-refractivity contribution in [3.63, 3.8) is 0 Å². The van der Waals surface area contributed by atoms with Gasteiger partial charge in [0, 0.05) is 25.5 Å². The molecule has 0 spiro atoms. The highest BCUT2D eigenvalue weighted by atomic mass is 16.3. The molecule has 0 aliphatic carbocycles. The molecule has 0 radical (unpaired) electrons. The van der Waals surface area contributed by atoms with Gasteiger partial charge < -0.3 is 10.0 Å². The number of carbonyl (C=O) groups is 1. The first-order valence-corrected chi connectivity index (χ1v) is 6.50. The Morgan fingerprint density at radius 3 is 2.72 bits per heavy atom. The first-order valence-electron chi connectivity index (χ1n) is 6.50. The van der Waals surface area contributed by atoms with Crippen LogP contribution in [0.5, 0.6) is 0 Å². The maximum atomic E-state index is 12.0. The number of aryl methyl sites for hydroxylation is 2. The number of aliphatic hydroxyl groups is 1. The lowest BCUT2D eigenvalue weighted by atomic mass is 9.99. The molecule has 1 aromatic rings. The highest BCUT2D eigenvalue weighted by Crippen LogP contribution is 2.30. The van der Waals surface area contributed by atoms with E-state index in [0.717, 1.165) is 0 Å². The molecule has 1 N–H and O–H groups in total. The van der Waals surface area contributed by atoms with Crippen molar-refractivity contribution in [3.8, 4) is 0 Å². The Bertz CT molecular complexity index is 456. The second kappa shape index (κ2) is 5.11. The molecule has 2 unspecified atom stereocenters. The van der Waals surface area contributed by atoms with Gasteiger partial charge in [-0.2, -0.15) is 0 Å². The van der Waals surface area contributed by atoms with Crippen LogP contribution < -0.4 is 0 Å². The number of aliphatic hydroxyl groups excluding tert-OH is 1. The molecule has 1 fully saturated rings. The molecule has 1 amide bonds. The van der Waals surface area contributed by atoms with Crippen LogP contribution in [0.3, 0.4) is 0 Å². The lowest BCUT2D eigenvalue weighted by Gasteiger charge is -2.26. The summed E-state index contributed by atoms with van der Waals surface area (Å²) in [6.07, 6.45) is 0.478. The Morgan fingerprint density at radius 1 is 1.44 bits per heavy atom. The molecule has 1 aromatic carbocycles. The first-order chi connectivity index (χ1) is 8.52. The third-order valence-electron chi connectivity index (χ3n) is 3.84. The zero-order valence-electron chi connectivity index (χ0n) is 11.3. The first kappa shape index (κ1) is 13.1. The molecule has 1 aliphatic heterocycles. The van der Waals surface area contributed by atoms with Crippen LogP contribution in [0.4, 0.5) is 0 Å². The Balaban J connectivity index is 2.21. The number of likely N-dealkylation sites (tertiary alicyclic amines) is 1. The van der Waals surface area contributed by atoms with E-state index in [9.17, 15) is 4.79 Å². The number of rotatable bonds is 3. The van der Waals surface area contributed by atoms with E-state index in [1.165, 1.54) is 16.7 Å². The molecule has 2 rings (SSSR count). The predicted octanol–water partition coefficient (Wildman–Crippen LogP) is 2.21. The minimum Gasteiger partial charge on any atom is -0.396 e. The molecule has 2 atom stereocenters. The van der Waals surface area contributed by atoms with Crippen molar-refractivity contribution in [1.29, 1.82) is 0 Å². The molecule has 18 heavy (non-hydrogen) atoms. The van der Waals surface area contributed by atoms with Crippen LogP contribution in [0.1, 0.15) is 36.1 Å². The zero-order chi connectivity index (χ0) is 13.3. The van der Waals surface area contributed by atoms with E-state index in [2.05, 4.69) is 39.0 Å². The maximum Gasteiger partial charge on any atom is 0.223 e. The van der Waals surface area contributed by atoms with E-state index in [0.29, 0.717) is 13.0 Å². The summed E-state index contributed by atoms with van der Waals surface area (Å²) >= 11 is 0. The van der Waals surface area contributed by atoms with E-state index in [-0.39, 0.29) is 24.5 Å². The Hall–Kier alpha value is -1.35. The standard InChI is InChI=1S/C15H21NO2/c1-10-4-5-14(11(2)6-10)12(3)16-8-13(9-17)7-15(16)18/h4-6,12-13,17H,7-9H2,1-3H3. The summed E-state index contributed by atoms with van der Waals surface area (Å²) in [5.74, 6) is 0.257. The van der Waals surface area contributed by atoms with Crippen molar-refractivity contribution in [3.05, 3.63) is 34.9 Å². The summed E-state index contributed by atoms with van der Waals surface area (Å²) in [4.78, 5) is 13.8. The molecule has 0 bridgehead atoms. The largest absolute Gasteiger partial charge is 0.396 e. The van der Waals surface area contributed by atoms with Crippen molar-refractivity contribution >= 4 is 5.91 Å². The van der Waals surface area contributed by atoms with E-state index >= 15 is 0 Å².